The van der Waals surface area contributed by atoms with E-state index < -0.39 is 5.54 Å². The van der Waals surface area contributed by atoms with Gasteiger partial charge in [-0.3, -0.25) is 10.1 Å². The summed E-state index contributed by atoms with van der Waals surface area (Å²) in [7, 11) is 1.41. The summed E-state index contributed by atoms with van der Waals surface area (Å²) in [5.41, 5.74) is 2.22. The maximum absolute atomic E-state index is 12.5. The highest BCUT2D eigenvalue weighted by atomic mass is 16.5. The van der Waals surface area contributed by atoms with E-state index in [4.69, 9.17) is 4.74 Å². The first-order chi connectivity index (χ1) is 9.88. The number of allylic oxidation sites excluding steroid dienone is 1. The SMILES string of the molecule is CCCC1(C(=O)OC)C=C2C(=C(C(C)C)C(=O)C2C)CN1. The Morgan fingerprint density at radius 3 is 2.71 bits per heavy atom. The molecule has 0 aromatic carbocycles. The third-order valence-electron chi connectivity index (χ3n) is 4.55. The van der Waals surface area contributed by atoms with Crippen molar-refractivity contribution < 1.29 is 14.3 Å². The average Bonchev–Trinajstić information content (AvgIpc) is 2.70. The van der Waals surface area contributed by atoms with E-state index in [0.29, 0.717) is 13.0 Å². The van der Waals surface area contributed by atoms with Gasteiger partial charge in [0.2, 0.25) is 0 Å². The molecule has 1 aliphatic carbocycles. The number of hydrogen-bond acceptors (Lipinski definition) is 4. The van der Waals surface area contributed by atoms with Crippen molar-refractivity contribution >= 4 is 11.8 Å². The molecule has 4 nitrogen and oxygen atoms in total. The molecule has 2 aliphatic rings. The van der Waals surface area contributed by atoms with E-state index in [9.17, 15) is 9.59 Å². The molecular formula is C17H25NO3. The zero-order chi connectivity index (χ0) is 15.8. The lowest BCUT2D eigenvalue weighted by Crippen LogP contribution is -2.54. The van der Waals surface area contributed by atoms with Gasteiger partial charge >= 0.3 is 5.97 Å². The Morgan fingerprint density at radius 1 is 1.52 bits per heavy atom. The number of ketones is 1. The predicted octanol–water partition coefficient (Wildman–Crippen LogP) is 2.40. The number of hydrogen-bond donors (Lipinski definition) is 1. The van der Waals surface area contributed by atoms with Crippen LogP contribution in [0.4, 0.5) is 0 Å². The normalized spacial score (nSPS) is 28.8. The molecule has 0 bridgehead atoms. The van der Waals surface area contributed by atoms with Crippen LogP contribution >= 0.6 is 0 Å². The van der Waals surface area contributed by atoms with E-state index in [1.807, 2.05) is 33.8 Å². The number of fused-ring (bicyclic) bond motifs is 1. The molecule has 4 heteroatoms. The first-order valence-electron chi connectivity index (χ1n) is 7.71. The Bertz CT molecular complexity index is 530. The maximum Gasteiger partial charge on any atom is 0.330 e. The number of rotatable bonds is 4. The fraction of sp³-hybridized carbons (Fsp3) is 0.647. The van der Waals surface area contributed by atoms with E-state index in [1.165, 1.54) is 7.11 Å². The van der Waals surface area contributed by atoms with Crippen molar-refractivity contribution in [2.75, 3.05) is 13.7 Å². The molecule has 2 unspecified atom stereocenters. The Balaban J connectivity index is 2.52. The Labute approximate surface area is 126 Å². The minimum atomic E-state index is -0.788. The highest BCUT2D eigenvalue weighted by Crippen LogP contribution is 2.41. The molecule has 0 spiro atoms. The van der Waals surface area contributed by atoms with Gasteiger partial charge in [0.05, 0.1) is 7.11 Å². The third kappa shape index (κ3) is 2.46. The summed E-state index contributed by atoms with van der Waals surface area (Å²) in [5.74, 6) is -0.0152. The molecule has 1 N–H and O–H groups in total. The Kier molecular flexibility index (Phi) is 4.38. The fourth-order valence-corrected chi connectivity index (χ4v) is 3.52. The number of esters is 1. The average molecular weight is 291 g/mol. The zero-order valence-corrected chi connectivity index (χ0v) is 13.6. The van der Waals surface area contributed by atoms with Crippen LogP contribution in [0.5, 0.6) is 0 Å². The van der Waals surface area contributed by atoms with Crippen LogP contribution in [0.1, 0.15) is 40.5 Å². The summed E-state index contributed by atoms with van der Waals surface area (Å²) < 4.78 is 4.98. The second kappa shape index (κ2) is 5.76. The lowest BCUT2D eigenvalue weighted by molar-refractivity contribution is -0.146. The summed E-state index contributed by atoms with van der Waals surface area (Å²) in [4.78, 5) is 24.7. The molecule has 1 aliphatic heterocycles. The minimum Gasteiger partial charge on any atom is -0.467 e. The highest BCUT2D eigenvalue weighted by Gasteiger charge is 2.45. The Morgan fingerprint density at radius 2 is 2.19 bits per heavy atom. The summed E-state index contributed by atoms with van der Waals surface area (Å²) in [5, 5.41) is 3.32. The van der Waals surface area contributed by atoms with Crippen LogP contribution in [0.25, 0.3) is 0 Å². The molecule has 0 saturated heterocycles. The second-order valence-corrected chi connectivity index (χ2v) is 6.30. The van der Waals surface area contributed by atoms with Crippen LogP contribution in [0.15, 0.2) is 22.8 Å². The topological polar surface area (TPSA) is 55.4 Å². The van der Waals surface area contributed by atoms with Gasteiger partial charge in [-0.1, -0.05) is 34.1 Å². The fourth-order valence-electron chi connectivity index (χ4n) is 3.52. The number of carbonyl (C=O) groups is 2. The van der Waals surface area contributed by atoms with E-state index in [-0.39, 0.29) is 23.6 Å². The van der Waals surface area contributed by atoms with Gasteiger partial charge in [-0.05, 0) is 29.6 Å². The molecule has 21 heavy (non-hydrogen) atoms. The largest absolute Gasteiger partial charge is 0.467 e. The predicted molar refractivity (Wildman–Crippen MR) is 81.8 cm³/mol. The summed E-state index contributed by atoms with van der Waals surface area (Å²) in [6.45, 7) is 8.63. The molecule has 0 radical (unpaired) electrons. The van der Waals surface area contributed by atoms with Crippen molar-refractivity contribution in [2.45, 2.75) is 46.1 Å². The van der Waals surface area contributed by atoms with Crippen LogP contribution in [0, 0.1) is 11.8 Å². The van der Waals surface area contributed by atoms with Crippen molar-refractivity contribution in [3.63, 3.8) is 0 Å². The van der Waals surface area contributed by atoms with Crippen molar-refractivity contribution in [2.24, 2.45) is 11.8 Å². The molecule has 2 rings (SSSR count). The van der Waals surface area contributed by atoms with Gasteiger partial charge in [0, 0.05) is 18.0 Å². The number of Topliss-reactive ketones (excluding diaryl/α,β-unsaturated/α-hetero) is 1. The lowest BCUT2D eigenvalue weighted by atomic mass is 9.83. The van der Waals surface area contributed by atoms with Gasteiger partial charge in [-0.25, -0.2) is 4.79 Å². The van der Waals surface area contributed by atoms with Gasteiger partial charge in [-0.15, -0.1) is 0 Å². The van der Waals surface area contributed by atoms with Crippen molar-refractivity contribution in [3.8, 4) is 0 Å². The van der Waals surface area contributed by atoms with E-state index in [2.05, 4.69) is 5.32 Å². The van der Waals surface area contributed by atoms with Gasteiger partial charge in [0.1, 0.15) is 5.54 Å². The van der Waals surface area contributed by atoms with E-state index in [1.54, 1.807) is 0 Å². The zero-order valence-electron chi connectivity index (χ0n) is 13.6. The molecule has 0 saturated carbocycles. The quantitative estimate of drug-likeness (QED) is 0.808. The van der Waals surface area contributed by atoms with Crippen LogP contribution in [0.2, 0.25) is 0 Å². The standard InChI is InChI=1S/C17H25NO3/c1-6-7-17(16(20)21-5)8-12-11(4)15(19)14(10(2)3)13(12)9-18-17/h8,10-11,18H,6-7,9H2,1-5H3. The Hall–Kier alpha value is -1.42. The monoisotopic (exact) mass is 291 g/mol. The van der Waals surface area contributed by atoms with Crippen molar-refractivity contribution in [3.05, 3.63) is 22.8 Å². The van der Waals surface area contributed by atoms with Crippen LogP contribution < -0.4 is 5.32 Å². The molecule has 0 fully saturated rings. The molecule has 116 valence electrons. The van der Waals surface area contributed by atoms with Gasteiger partial charge in [0.25, 0.3) is 0 Å². The summed E-state index contributed by atoms with van der Waals surface area (Å²) in [6, 6.07) is 0. The number of carbonyl (C=O) groups excluding carboxylic acids is 2. The van der Waals surface area contributed by atoms with Gasteiger partial charge < -0.3 is 4.74 Å². The first-order valence-corrected chi connectivity index (χ1v) is 7.71. The maximum atomic E-state index is 12.5. The minimum absolute atomic E-state index is 0.152. The van der Waals surface area contributed by atoms with Crippen molar-refractivity contribution in [1.29, 1.82) is 0 Å². The van der Waals surface area contributed by atoms with Crippen LogP contribution in [0.3, 0.4) is 0 Å². The first kappa shape index (κ1) is 16.0. The lowest BCUT2D eigenvalue weighted by Gasteiger charge is -2.34. The van der Waals surface area contributed by atoms with Crippen LogP contribution in [-0.2, 0) is 14.3 Å². The van der Waals surface area contributed by atoms with Crippen molar-refractivity contribution in [1.82, 2.24) is 5.32 Å². The third-order valence-corrected chi connectivity index (χ3v) is 4.55. The summed E-state index contributed by atoms with van der Waals surface area (Å²) >= 11 is 0. The van der Waals surface area contributed by atoms with Gasteiger partial charge in [0.15, 0.2) is 5.78 Å². The number of nitrogens with one attached hydrogen (secondary N) is 1. The molecular weight excluding hydrogens is 266 g/mol. The molecule has 0 amide bonds. The molecule has 2 atom stereocenters. The van der Waals surface area contributed by atoms with E-state index in [0.717, 1.165) is 23.1 Å². The smallest absolute Gasteiger partial charge is 0.330 e. The molecule has 0 aromatic heterocycles. The highest BCUT2D eigenvalue weighted by molar-refractivity contribution is 6.05. The van der Waals surface area contributed by atoms with Crippen LogP contribution in [-0.4, -0.2) is 30.9 Å². The second-order valence-electron chi connectivity index (χ2n) is 6.30. The number of methoxy groups -OCH3 is 1. The molecule has 0 aromatic rings. The summed E-state index contributed by atoms with van der Waals surface area (Å²) in [6.07, 6.45) is 3.48. The van der Waals surface area contributed by atoms with Gasteiger partial charge in [-0.2, -0.15) is 0 Å². The van der Waals surface area contributed by atoms with E-state index >= 15 is 0 Å². The number of ether oxygens (including phenoxy) is 1. The molecule has 1 heterocycles.